The third kappa shape index (κ3) is 3.66. The molecule has 2 aromatic carbocycles. The number of carbonyl (C=O) groups is 1. The van der Waals surface area contributed by atoms with Gasteiger partial charge in [0.15, 0.2) is 21.3 Å². The monoisotopic (exact) mass is 415 g/mol. The first-order valence-corrected chi connectivity index (χ1v) is 10.3. The average molecular weight is 415 g/mol. The van der Waals surface area contributed by atoms with Crippen molar-refractivity contribution in [1.29, 1.82) is 0 Å². The summed E-state index contributed by atoms with van der Waals surface area (Å²) in [6, 6.07) is 10.8. The molecule has 150 valence electrons. The number of benzene rings is 2. The number of rotatable bonds is 5. The summed E-state index contributed by atoms with van der Waals surface area (Å²) in [7, 11) is -3.36. The average Bonchev–Trinajstić information content (AvgIpc) is 3.36. The lowest BCUT2D eigenvalue weighted by Crippen LogP contribution is -2.13. The van der Waals surface area contributed by atoms with E-state index < -0.39 is 21.0 Å². The Bertz CT molecular complexity index is 1170. The van der Waals surface area contributed by atoms with E-state index in [1.165, 1.54) is 12.1 Å². The smallest absolute Gasteiger partial charge is 0.322 e. The van der Waals surface area contributed by atoms with E-state index in [0.717, 1.165) is 0 Å². The van der Waals surface area contributed by atoms with Crippen molar-refractivity contribution >= 4 is 21.8 Å². The highest BCUT2D eigenvalue weighted by molar-refractivity contribution is 7.92. The van der Waals surface area contributed by atoms with Crippen molar-refractivity contribution < 1.29 is 27.1 Å². The van der Waals surface area contributed by atoms with E-state index >= 15 is 0 Å². The van der Waals surface area contributed by atoms with Gasteiger partial charge < -0.3 is 13.9 Å². The van der Waals surface area contributed by atoms with Gasteiger partial charge in [-0.3, -0.25) is 10.1 Å². The number of amides is 1. The Hall–Kier alpha value is -3.40. The third-order valence-electron chi connectivity index (χ3n) is 4.33. The van der Waals surface area contributed by atoms with Crippen LogP contribution in [0.1, 0.15) is 24.2 Å². The summed E-state index contributed by atoms with van der Waals surface area (Å²) in [5.74, 6) is 0.765. The van der Waals surface area contributed by atoms with E-state index in [1.54, 1.807) is 44.2 Å². The van der Waals surface area contributed by atoms with E-state index in [-0.39, 0.29) is 23.6 Å². The molecular weight excluding hydrogens is 398 g/mol. The molecule has 0 bridgehead atoms. The predicted octanol–water partition coefficient (Wildman–Crippen LogP) is 2.90. The Kier molecular flexibility index (Phi) is 4.71. The van der Waals surface area contributed by atoms with E-state index in [9.17, 15) is 13.2 Å². The molecule has 9 nitrogen and oxygen atoms in total. The van der Waals surface area contributed by atoms with Crippen LogP contribution in [0.25, 0.3) is 11.5 Å². The molecule has 1 aromatic heterocycles. The number of carbonyl (C=O) groups excluding carboxylic acids is 1. The maximum Gasteiger partial charge on any atom is 0.322 e. The second-order valence-electron chi connectivity index (χ2n) is 6.55. The Morgan fingerprint density at radius 3 is 2.48 bits per heavy atom. The summed E-state index contributed by atoms with van der Waals surface area (Å²) in [4.78, 5) is 12.6. The molecule has 0 saturated heterocycles. The lowest BCUT2D eigenvalue weighted by Gasteiger charge is -2.07. The zero-order valence-corrected chi connectivity index (χ0v) is 16.4. The van der Waals surface area contributed by atoms with Crippen molar-refractivity contribution in [3.8, 4) is 23.0 Å². The van der Waals surface area contributed by atoms with Gasteiger partial charge in [0.25, 0.3) is 5.91 Å². The van der Waals surface area contributed by atoms with Gasteiger partial charge in [0.05, 0.1) is 10.1 Å². The summed E-state index contributed by atoms with van der Waals surface area (Å²) in [5, 5.41) is 9.70. The maximum atomic E-state index is 12.4. The van der Waals surface area contributed by atoms with Crippen LogP contribution in [-0.4, -0.2) is 36.6 Å². The predicted molar refractivity (Wildman–Crippen MR) is 103 cm³/mol. The summed E-state index contributed by atoms with van der Waals surface area (Å²) in [6.07, 6.45) is 0. The number of hydrogen-bond donors (Lipinski definition) is 1. The molecule has 0 unspecified atom stereocenters. The number of hydrogen-bond acceptors (Lipinski definition) is 8. The molecule has 0 saturated carbocycles. The fourth-order valence-corrected chi connectivity index (χ4v) is 3.72. The lowest BCUT2D eigenvalue weighted by atomic mass is 10.2. The normalized spacial score (nSPS) is 12.9. The first-order chi connectivity index (χ1) is 13.8. The van der Waals surface area contributed by atoms with Crippen molar-refractivity contribution in [2.45, 2.75) is 24.0 Å². The number of aromatic nitrogens is 2. The molecule has 1 aliphatic heterocycles. The van der Waals surface area contributed by atoms with Crippen LogP contribution in [0.3, 0.4) is 0 Å². The van der Waals surface area contributed by atoms with Crippen LogP contribution < -0.4 is 14.8 Å². The van der Waals surface area contributed by atoms with Crippen molar-refractivity contribution in [3.63, 3.8) is 0 Å². The number of nitrogens with zero attached hydrogens (tertiary/aromatic N) is 2. The van der Waals surface area contributed by atoms with Crippen LogP contribution >= 0.6 is 0 Å². The molecule has 1 N–H and O–H groups in total. The van der Waals surface area contributed by atoms with E-state index in [2.05, 4.69) is 15.5 Å². The van der Waals surface area contributed by atoms with Gasteiger partial charge in [-0.05, 0) is 56.3 Å². The summed E-state index contributed by atoms with van der Waals surface area (Å²) in [6.45, 7) is 3.36. The minimum atomic E-state index is -3.36. The quantitative estimate of drug-likeness (QED) is 0.675. The second kappa shape index (κ2) is 7.21. The van der Waals surface area contributed by atoms with Crippen LogP contribution in [0.2, 0.25) is 0 Å². The van der Waals surface area contributed by atoms with Crippen LogP contribution in [-0.2, 0) is 9.84 Å². The molecule has 4 rings (SSSR count). The van der Waals surface area contributed by atoms with Crippen molar-refractivity contribution in [2.75, 3.05) is 12.1 Å². The molecule has 0 atom stereocenters. The van der Waals surface area contributed by atoms with Crippen LogP contribution in [0, 0.1) is 0 Å². The number of fused-ring (bicyclic) bond motifs is 1. The van der Waals surface area contributed by atoms with Gasteiger partial charge >= 0.3 is 6.01 Å². The fourth-order valence-electron chi connectivity index (χ4n) is 2.66. The van der Waals surface area contributed by atoms with E-state index in [4.69, 9.17) is 13.9 Å². The molecular formula is C19H17N3O6S. The fraction of sp³-hybridized carbons (Fsp3) is 0.211. The summed E-state index contributed by atoms with van der Waals surface area (Å²) >= 11 is 0. The third-order valence-corrected chi connectivity index (χ3v) is 6.50. The molecule has 1 aliphatic rings. The topological polar surface area (TPSA) is 121 Å². The van der Waals surface area contributed by atoms with Gasteiger partial charge in [0, 0.05) is 11.1 Å². The first kappa shape index (κ1) is 18.9. The highest BCUT2D eigenvalue weighted by atomic mass is 32.2. The van der Waals surface area contributed by atoms with Crippen LogP contribution in [0.4, 0.5) is 6.01 Å². The molecule has 0 spiro atoms. The Labute approximate surface area is 166 Å². The summed E-state index contributed by atoms with van der Waals surface area (Å²) < 4.78 is 40.3. The molecule has 0 fully saturated rings. The van der Waals surface area contributed by atoms with E-state index in [0.29, 0.717) is 22.6 Å². The molecule has 0 aliphatic carbocycles. The van der Waals surface area contributed by atoms with Gasteiger partial charge in [-0.15, -0.1) is 5.10 Å². The largest absolute Gasteiger partial charge is 0.454 e. The number of sulfone groups is 1. The van der Waals surface area contributed by atoms with E-state index in [1.807, 2.05) is 0 Å². The Balaban J connectivity index is 1.49. The van der Waals surface area contributed by atoms with Gasteiger partial charge in [-0.25, -0.2) is 8.42 Å². The number of nitrogens with one attached hydrogen (secondary N) is 1. The highest BCUT2D eigenvalue weighted by Gasteiger charge is 2.20. The van der Waals surface area contributed by atoms with Crippen LogP contribution in [0.15, 0.2) is 51.8 Å². The van der Waals surface area contributed by atoms with Gasteiger partial charge in [0.1, 0.15) is 0 Å². The van der Waals surface area contributed by atoms with Crippen molar-refractivity contribution in [1.82, 2.24) is 10.2 Å². The highest BCUT2D eigenvalue weighted by Crippen LogP contribution is 2.32. The number of anilines is 1. The SMILES string of the molecule is CC(C)S(=O)(=O)c1ccc(-c2nnc(NC(=O)c3ccc4c(c3)OCO4)o2)cc1. The standard InChI is InChI=1S/C19H17N3O6S/c1-11(2)29(24,25)14-6-3-12(4-7-14)18-21-22-19(28-18)20-17(23)13-5-8-15-16(9-13)27-10-26-15/h3-9,11H,10H2,1-2H3,(H,20,22,23). The molecule has 3 aromatic rings. The zero-order valence-electron chi connectivity index (χ0n) is 15.6. The first-order valence-electron chi connectivity index (χ1n) is 8.73. The molecule has 0 radical (unpaired) electrons. The molecule has 2 heterocycles. The molecule has 29 heavy (non-hydrogen) atoms. The molecule has 1 amide bonds. The minimum absolute atomic E-state index is 0.0819. The Morgan fingerprint density at radius 1 is 1.03 bits per heavy atom. The van der Waals surface area contributed by atoms with Gasteiger partial charge in [0.2, 0.25) is 12.7 Å². The van der Waals surface area contributed by atoms with Crippen molar-refractivity contribution in [2.24, 2.45) is 0 Å². The minimum Gasteiger partial charge on any atom is -0.454 e. The summed E-state index contributed by atoms with van der Waals surface area (Å²) in [5.41, 5.74) is 0.876. The zero-order chi connectivity index (χ0) is 20.6. The van der Waals surface area contributed by atoms with Crippen molar-refractivity contribution in [3.05, 3.63) is 48.0 Å². The second-order valence-corrected chi connectivity index (χ2v) is 9.06. The van der Waals surface area contributed by atoms with Gasteiger partial charge in [-0.2, -0.15) is 0 Å². The number of ether oxygens (including phenoxy) is 2. The Morgan fingerprint density at radius 2 is 1.76 bits per heavy atom. The maximum absolute atomic E-state index is 12.4. The lowest BCUT2D eigenvalue weighted by molar-refractivity contribution is 0.102. The molecule has 10 heteroatoms. The van der Waals surface area contributed by atoms with Gasteiger partial charge in [-0.1, -0.05) is 5.10 Å². The van der Waals surface area contributed by atoms with Crippen LogP contribution in [0.5, 0.6) is 11.5 Å².